The summed E-state index contributed by atoms with van der Waals surface area (Å²) in [5.41, 5.74) is 2.72. The number of β-amino-alcohol motifs (C(OH)–C–C–N with tert-alkyl or cyclic N) is 1. The van der Waals surface area contributed by atoms with Crippen LogP contribution in [0, 0.1) is 29.6 Å². The van der Waals surface area contributed by atoms with Crippen LogP contribution in [0.3, 0.4) is 0 Å². The first kappa shape index (κ1) is 22.8. The van der Waals surface area contributed by atoms with E-state index in [9.17, 15) is 10.2 Å². The van der Waals surface area contributed by atoms with Gasteiger partial charge in [0.1, 0.15) is 17.6 Å². The average Bonchev–Trinajstić information content (AvgIpc) is 3.30. The van der Waals surface area contributed by atoms with Gasteiger partial charge in [-0.25, -0.2) is 4.98 Å². The van der Waals surface area contributed by atoms with E-state index in [0.29, 0.717) is 49.0 Å². The molecule has 34 heavy (non-hydrogen) atoms. The first-order valence-electron chi connectivity index (χ1n) is 11.7. The summed E-state index contributed by atoms with van der Waals surface area (Å²) in [4.78, 5) is 6.50. The molecule has 0 radical (unpaired) electrons. The number of hydrogen-bond donors (Lipinski definition) is 2. The minimum atomic E-state index is -0.644. The molecule has 5 rings (SSSR count). The molecule has 1 saturated carbocycles. The molecule has 1 unspecified atom stereocenters. The Morgan fingerprint density at radius 3 is 2.68 bits per heavy atom. The van der Waals surface area contributed by atoms with Gasteiger partial charge in [-0.2, -0.15) is 0 Å². The van der Waals surface area contributed by atoms with Gasteiger partial charge in [0.15, 0.2) is 5.76 Å². The molecule has 2 N–H and O–H groups in total. The highest BCUT2D eigenvalue weighted by Gasteiger charge is 2.54. The Morgan fingerprint density at radius 2 is 1.97 bits per heavy atom. The number of likely N-dealkylation sites (tertiary alicyclic amines) is 1. The van der Waals surface area contributed by atoms with E-state index < -0.39 is 12.2 Å². The van der Waals surface area contributed by atoms with Gasteiger partial charge in [-0.15, -0.1) is 0 Å². The molecule has 2 fully saturated rings. The van der Waals surface area contributed by atoms with Gasteiger partial charge < -0.3 is 28.9 Å². The Kier molecular flexibility index (Phi) is 6.53. The quantitative estimate of drug-likeness (QED) is 0.495. The van der Waals surface area contributed by atoms with Crippen molar-refractivity contribution in [2.75, 3.05) is 33.4 Å². The average molecular weight is 463 g/mol. The summed E-state index contributed by atoms with van der Waals surface area (Å²) in [5.74, 6) is 9.78. The number of imidazole rings is 1. The summed E-state index contributed by atoms with van der Waals surface area (Å²) >= 11 is 0. The summed E-state index contributed by atoms with van der Waals surface area (Å²) in [6, 6.07) is 9.97. The molecule has 0 spiro atoms. The smallest absolute Gasteiger partial charge is 0.157 e. The Balaban J connectivity index is 1.15. The fourth-order valence-electron chi connectivity index (χ4n) is 4.92. The summed E-state index contributed by atoms with van der Waals surface area (Å²) < 4.78 is 12.4. The number of benzene rings is 1. The predicted molar refractivity (Wildman–Crippen MR) is 126 cm³/mol. The van der Waals surface area contributed by atoms with Crippen molar-refractivity contribution in [2.45, 2.75) is 25.7 Å². The third-order valence-electron chi connectivity index (χ3n) is 6.67. The standard InChI is InChI=1S/C26H30N4O4/c1-17(31)26-27-9-10-30(26)13-21-11-25(28-34-21)19-6-3-18(4-7-19)5-8-22-23-14-29(15-24(22)23)12-20(32)16-33-2/h3-4,6-7,9-11,17,20,22-24,31-32H,12-16H2,1-2H3/t17-,20?,22-,23-,24+/m0/s1. The number of ether oxygens (including phenoxy) is 1. The highest BCUT2D eigenvalue weighted by Crippen LogP contribution is 2.51. The van der Waals surface area contributed by atoms with Crippen LogP contribution in [0.5, 0.6) is 0 Å². The second kappa shape index (κ2) is 9.72. The van der Waals surface area contributed by atoms with Gasteiger partial charge in [0.2, 0.25) is 0 Å². The molecule has 3 aromatic rings. The van der Waals surface area contributed by atoms with E-state index in [4.69, 9.17) is 9.26 Å². The maximum atomic E-state index is 9.91. The molecular weight excluding hydrogens is 432 g/mol. The minimum absolute atomic E-state index is 0.384. The van der Waals surface area contributed by atoms with Crippen LogP contribution in [-0.2, 0) is 11.3 Å². The SMILES string of the molecule is COCC(O)CN1C[C@@H]2[C@@H](C#Cc3ccc(-c4cc(Cn5ccnc5[C@H](C)O)on4)cc3)[C@@H]2C1. The molecule has 2 aliphatic rings. The van der Waals surface area contributed by atoms with E-state index in [0.717, 1.165) is 29.9 Å². The van der Waals surface area contributed by atoms with Crippen molar-refractivity contribution in [3.05, 3.63) is 59.9 Å². The fraction of sp³-hybridized carbons (Fsp3) is 0.462. The lowest BCUT2D eigenvalue weighted by Gasteiger charge is -2.21. The number of aliphatic hydroxyl groups is 2. The summed E-state index contributed by atoms with van der Waals surface area (Å²) in [6.07, 6.45) is 2.42. The number of aromatic nitrogens is 3. The van der Waals surface area contributed by atoms with Crippen molar-refractivity contribution in [2.24, 2.45) is 17.8 Å². The molecule has 1 aromatic carbocycles. The first-order valence-corrected chi connectivity index (χ1v) is 11.7. The molecule has 1 aliphatic carbocycles. The molecule has 5 atom stereocenters. The molecule has 2 aromatic heterocycles. The van der Waals surface area contributed by atoms with Gasteiger partial charge in [0.25, 0.3) is 0 Å². The van der Waals surface area contributed by atoms with Gasteiger partial charge in [0.05, 0.1) is 19.3 Å². The zero-order chi connectivity index (χ0) is 23.7. The van der Waals surface area contributed by atoms with Crippen LogP contribution in [0.4, 0.5) is 0 Å². The Bertz CT molecular complexity index is 1160. The van der Waals surface area contributed by atoms with Gasteiger partial charge in [-0.1, -0.05) is 29.1 Å². The van der Waals surface area contributed by atoms with Crippen LogP contribution in [0.1, 0.15) is 30.2 Å². The molecule has 0 amide bonds. The Labute approximate surface area is 199 Å². The largest absolute Gasteiger partial charge is 0.389 e. The number of fused-ring (bicyclic) bond motifs is 1. The molecule has 178 valence electrons. The lowest BCUT2D eigenvalue weighted by Crippen LogP contribution is -2.35. The van der Waals surface area contributed by atoms with Crippen LogP contribution >= 0.6 is 0 Å². The van der Waals surface area contributed by atoms with E-state index >= 15 is 0 Å². The third kappa shape index (κ3) is 4.93. The van der Waals surface area contributed by atoms with Gasteiger partial charge >= 0.3 is 0 Å². The number of aliphatic hydroxyl groups excluding tert-OH is 2. The van der Waals surface area contributed by atoms with Gasteiger partial charge in [-0.05, 0) is 30.9 Å². The fourth-order valence-corrected chi connectivity index (χ4v) is 4.92. The van der Waals surface area contributed by atoms with E-state index in [-0.39, 0.29) is 0 Å². The minimum Gasteiger partial charge on any atom is -0.389 e. The normalized spacial score (nSPS) is 23.2. The zero-order valence-corrected chi connectivity index (χ0v) is 19.5. The van der Waals surface area contributed by atoms with Crippen molar-refractivity contribution < 1.29 is 19.5 Å². The molecule has 8 nitrogen and oxygen atoms in total. The summed E-state index contributed by atoms with van der Waals surface area (Å²) in [7, 11) is 1.61. The van der Waals surface area contributed by atoms with Crippen molar-refractivity contribution in [3.63, 3.8) is 0 Å². The van der Waals surface area contributed by atoms with Crippen LogP contribution in [0.2, 0.25) is 0 Å². The van der Waals surface area contributed by atoms with Gasteiger partial charge in [0, 0.05) is 62.2 Å². The molecule has 1 saturated heterocycles. The zero-order valence-electron chi connectivity index (χ0n) is 19.5. The Morgan fingerprint density at radius 1 is 1.21 bits per heavy atom. The van der Waals surface area contributed by atoms with E-state index in [1.807, 2.05) is 41.1 Å². The highest BCUT2D eigenvalue weighted by atomic mass is 16.5. The monoisotopic (exact) mass is 462 g/mol. The number of piperidine rings is 1. The van der Waals surface area contributed by atoms with Gasteiger partial charge in [-0.3, -0.25) is 0 Å². The van der Waals surface area contributed by atoms with Crippen molar-refractivity contribution in [1.82, 2.24) is 19.6 Å². The molecule has 1 aliphatic heterocycles. The molecular formula is C26H30N4O4. The lowest BCUT2D eigenvalue weighted by molar-refractivity contribution is 0.0400. The maximum absolute atomic E-state index is 9.91. The molecule has 0 bridgehead atoms. The second-order valence-corrected chi connectivity index (χ2v) is 9.30. The summed E-state index contributed by atoms with van der Waals surface area (Å²) in [6.45, 7) is 5.23. The van der Waals surface area contributed by atoms with E-state index in [2.05, 4.69) is 26.9 Å². The highest BCUT2D eigenvalue weighted by molar-refractivity contribution is 5.60. The topological polar surface area (TPSA) is 96.8 Å². The third-order valence-corrected chi connectivity index (χ3v) is 6.67. The van der Waals surface area contributed by atoms with Crippen molar-refractivity contribution in [1.29, 1.82) is 0 Å². The summed E-state index contributed by atoms with van der Waals surface area (Å²) in [5, 5.41) is 23.9. The van der Waals surface area contributed by atoms with Crippen LogP contribution in [0.25, 0.3) is 11.3 Å². The van der Waals surface area contributed by atoms with E-state index in [1.165, 1.54) is 0 Å². The van der Waals surface area contributed by atoms with Crippen LogP contribution in [-0.4, -0.2) is 69.3 Å². The second-order valence-electron chi connectivity index (χ2n) is 9.30. The van der Waals surface area contributed by atoms with Crippen molar-refractivity contribution >= 4 is 0 Å². The van der Waals surface area contributed by atoms with E-state index in [1.54, 1.807) is 20.2 Å². The number of methoxy groups -OCH3 is 1. The number of rotatable bonds is 8. The number of nitrogens with zero attached hydrogens (tertiary/aromatic N) is 4. The van der Waals surface area contributed by atoms with Crippen LogP contribution in [0.15, 0.2) is 47.2 Å². The van der Waals surface area contributed by atoms with Crippen molar-refractivity contribution in [3.8, 4) is 23.1 Å². The maximum Gasteiger partial charge on any atom is 0.157 e. The molecule has 8 heteroatoms. The molecule has 3 heterocycles. The lowest BCUT2D eigenvalue weighted by atomic mass is 10.1. The van der Waals surface area contributed by atoms with Crippen LogP contribution < -0.4 is 0 Å². The predicted octanol–water partition coefficient (Wildman–Crippen LogP) is 2.18. The number of hydrogen-bond acceptors (Lipinski definition) is 7. The first-order chi connectivity index (χ1) is 16.5. The Hall–Kier alpha value is -2.96.